The second kappa shape index (κ2) is 7.57. The molecule has 0 fully saturated rings. The van der Waals surface area contributed by atoms with Gasteiger partial charge in [-0.1, -0.05) is 30.3 Å². The Morgan fingerprint density at radius 2 is 2.08 bits per heavy atom. The van der Waals surface area contributed by atoms with Gasteiger partial charge in [0.05, 0.1) is 6.04 Å². The third-order valence-electron chi connectivity index (χ3n) is 4.37. The number of ether oxygens (including phenoxy) is 2. The van der Waals surface area contributed by atoms with E-state index in [0.29, 0.717) is 12.4 Å². The minimum absolute atomic E-state index is 0.0438. The Hall–Kier alpha value is -2.53. The molecule has 1 amide bonds. The van der Waals surface area contributed by atoms with Crippen molar-refractivity contribution in [2.45, 2.75) is 19.0 Å². The number of nitrogens with zero attached hydrogens (tertiary/aromatic N) is 1. The maximum atomic E-state index is 11.7. The largest absolute Gasteiger partial charge is 0.491 e. The quantitative estimate of drug-likeness (QED) is 0.878. The molecule has 3 rings (SSSR count). The molecule has 2 aromatic carbocycles. The first-order valence-electron chi connectivity index (χ1n) is 8.45. The summed E-state index contributed by atoms with van der Waals surface area (Å²) in [5, 5.41) is 3.61. The molecule has 0 aliphatic carbocycles. The van der Waals surface area contributed by atoms with Gasteiger partial charge in [-0.15, -0.1) is 0 Å². The number of para-hydroxylation sites is 1. The van der Waals surface area contributed by atoms with E-state index in [9.17, 15) is 4.79 Å². The van der Waals surface area contributed by atoms with E-state index < -0.39 is 0 Å². The van der Waals surface area contributed by atoms with E-state index in [1.807, 2.05) is 36.4 Å². The number of carbonyl (C=O) groups is 1. The molecule has 0 bridgehead atoms. The zero-order valence-electron chi connectivity index (χ0n) is 14.9. The average Bonchev–Trinajstić information content (AvgIpc) is 3.03. The molecule has 1 heterocycles. The Morgan fingerprint density at radius 3 is 2.88 bits per heavy atom. The standard InChI is InChI=1S/C20H24N2O3/c1-14(21-18-12-25-19-10-5-4-9-17(18)19)15-7-6-8-16(11-15)24-13-20(23)22(2)3/h4-11,14,18,21H,12-13H2,1-3H3/t14-,18+/m1/s1. The summed E-state index contributed by atoms with van der Waals surface area (Å²) in [5.41, 5.74) is 2.30. The smallest absolute Gasteiger partial charge is 0.259 e. The third kappa shape index (κ3) is 4.12. The number of likely N-dealkylation sites (N-methyl/N-ethyl adjacent to an activating group) is 1. The molecule has 0 saturated heterocycles. The maximum absolute atomic E-state index is 11.7. The molecule has 0 spiro atoms. The van der Waals surface area contributed by atoms with Crippen LogP contribution < -0.4 is 14.8 Å². The molecule has 1 aliphatic rings. The minimum Gasteiger partial charge on any atom is -0.491 e. The van der Waals surface area contributed by atoms with Gasteiger partial charge in [-0.2, -0.15) is 0 Å². The molecule has 2 atom stereocenters. The van der Waals surface area contributed by atoms with Crippen molar-refractivity contribution in [1.82, 2.24) is 10.2 Å². The zero-order chi connectivity index (χ0) is 17.8. The number of fused-ring (bicyclic) bond motifs is 1. The zero-order valence-corrected chi connectivity index (χ0v) is 14.9. The van der Waals surface area contributed by atoms with E-state index >= 15 is 0 Å². The molecule has 25 heavy (non-hydrogen) atoms. The van der Waals surface area contributed by atoms with Crippen molar-refractivity contribution in [3.05, 3.63) is 59.7 Å². The van der Waals surface area contributed by atoms with Crippen molar-refractivity contribution in [2.24, 2.45) is 0 Å². The average molecular weight is 340 g/mol. The Morgan fingerprint density at radius 1 is 1.28 bits per heavy atom. The van der Waals surface area contributed by atoms with Crippen molar-refractivity contribution in [2.75, 3.05) is 27.3 Å². The third-order valence-corrected chi connectivity index (χ3v) is 4.37. The van der Waals surface area contributed by atoms with Gasteiger partial charge in [0.15, 0.2) is 6.61 Å². The van der Waals surface area contributed by atoms with Gasteiger partial charge in [0.1, 0.15) is 18.1 Å². The van der Waals surface area contributed by atoms with E-state index in [1.165, 1.54) is 10.5 Å². The Bertz CT molecular complexity index is 745. The molecule has 0 radical (unpaired) electrons. The van der Waals surface area contributed by atoms with Gasteiger partial charge in [0.25, 0.3) is 5.91 Å². The van der Waals surface area contributed by atoms with Gasteiger partial charge < -0.3 is 19.7 Å². The molecule has 132 valence electrons. The summed E-state index contributed by atoms with van der Waals surface area (Å²) in [6, 6.07) is 16.3. The number of nitrogens with one attached hydrogen (secondary N) is 1. The van der Waals surface area contributed by atoms with Crippen LogP contribution in [0.5, 0.6) is 11.5 Å². The molecular formula is C20H24N2O3. The first kappa shape index (κ1) is 17.3. The van der Waals surface area contributed by atoms with Crippen molar-refractivity contribution in [3.63, 3.8) is 0 Å². The summed E-state index contributed by atoms with van der Waals surface area (Å²) >= 11 is 0. The fraction of sp³-hybridized carbons (Fsp3) is 0.350. The van der Waals surface area contributed by atoms with E-state index in [0.717, 1.165) is 11.3 Å². The Balaban J connectivity index is 1.64. The monoisotopic (exact) mass is 340 g/mol. The summed E-state index contributed by atoms with van der Waals surface area (Å²) in [5.74, 6) is 1.59. The molecule has 0 aromatic heterocycles. The van der Waals surface area contributed by atoms with Gasteiger partial charge >= 0.3 is 0 Å². The fourth-order valence-electron chi connectivity index (χ4n) is 2.85. The topological polar surface area (TPSA) is 50.8 Å². The lowest BCUT2D eigenvalue weighted by atomic mass is 10.0. The lowest BCUT2D eigenvalue weighted by molar-refractivity contribution is -0.130. The van der Waals surface area contributed by atoms with E-state index in [-0.39, 0.29) is 24.6 Å². The lowest BCUT2D eigenvalue weighted by Gasteiger charge is -2.20. The van der Waals surface area contributed by atoms with Gasteiger partial charge in [-0.3, -0.25) is 4.79 Å². The van der Waals surface area contributed by atoms with Gasteiger partial charge in [0, 0.05) is 25.7 Å². The van der Waals surface area contributed by atoms with Crippen LogP contribution in [0.1, 0.15) is 30.1 Å². The highest BCUT2D eigenvalue weighted by atomic mass is 16.5. The predicted octanol–water partition coefficient (Wildman–Crippen LogP) is 2.94. The number of amides is 1. The highest BCUT2D eigenvalue weighted by molar-refractivity contribution is 5.77. The van der Waals surface area contributed by atoms with Crippen LogP contribution in [0.25, 0.3) is 0 Å². The Labute approximate surface area is 148 Å². The van der Waals surface area contributed by atoms with Crippen LogP contribution in [0.4, 0.5) is 0 Å². The number of carbonyl (C=O) groups excluding carboxylic acids is 1. The minimum atomic E-state index is -0.0590. The fourth-order valence-corrected chi connectivity index (χ4v) is 2.85. The van der Waals surface area contributed by atoms with Crippen LogP contribution >= 0.6 is 0 Å². The van der Waals surface area contributed by atoms with Crippen molar-refractivity contribution in [3.8, 4) is 11.5 Å². The maximum Gasteiger partial charge on any atom is 0.259 e. The lowest BCUT2D eigenvalue weighted by Crippen LogP contribution is -2.27. The molecule has 0 unspecified atom stereocenters. The van der Waals surface area contributed by atoms with Crippen LogP contribution in [0.2, 0.25) is 0 Å². The predicted molar refractivity (Wildman–Crippen MR) is 96.9 cm³/mol. The molecular weight excluding hydrogens is 316 g/mol. The summed E-state index contributed by atoms with van der Waals surface area (Å²) in [6.45, 7) is 2.80. The van der Waals surface area contributed by atoms with Gasteiger partial charge in [-0.05, 0) is 30.7 Å². The highest BCUT2D eigenvalue weighted by Crippen LogP contribution is 2.33. The van der Waals surface area contributed by atoms with Gasteiger partial charge in [-0.25, -0.2) is 0 Å². The second-order valence-electron chi connectivity index (χ2n) is 6.44. The van der Waals surface area contributed by atoms with Crippen molar-refractivity contribution in [1.29, 1.82) is 0 Å². The van der Waals surface area contributed by atoms with Crippen molar-refractivity contribution < 1.29 is 14.3 Å². The first-order chi connectivity index (χ1) is 12.0. The SMILES string of the molecule is C[C@@H](N[C@H]1COc2ccccc21)c1cccc(OCC(=O)N(C)C)c1. The van der Waals surface area contributed by atoms with Gasteiger partial charge in [0.2, 0.25) is 0 Å². The summed E-state index contributed by atoms with van der Waals surface area (Å²) in [4.78, 5) is 13.2. The van der Waals surface area contributed by atoms with Crippen LogP contribution in [0, 0.1) is 0 Å². The number of hydrogen-bond acceptors (Lipinski definition) is 4. The second-order valence-corrected chi connectivity index (χ2v) is 6.44. The summed E-state index contributed by atoms with van der Waals surface area (Å²) in [7, 11) is 3.44. The van der Waals surface area contributed by atoms with E-state index in [2.05, 4.69) is 24.4 Å². The van der Waals surface area contributed by atoms with Crippen LogP contribution in [-0.4, -0.2) is 38.1 Å². The molecule has 5 nitrogen and oxygen atoms in total. The van der Waals surface area contributed by atoms with Crippen LogP contribution in [0.15, 0.2) is 48.5 Å². The Kier molecular flexibility index (Phi) is 5.24. The van der Waals surface area contributed by atoms with Crippen LogP contribution in [-0.2, 0) is 4.79 Å². The highest BCUT2D eigenvalue weighted by Gasteiger charge is 2.25. The number of rotatable bonds is 6. The molecule has 2 aromatic rings. The summed E-state index contributed by atoms with van der Waals surface area (Å²) in [6.07, 6.45) is 0. The first-order valence-corrected chi connectivity index (χ1v) is 8.45. The molecule has 0 saturated carbocycles. The number of hydrogen-bond donors (Lipinski definition) is 1. The molecule has 1 N–H and O–H groups in total. The van der Waals surface area contributed by atoms with Crippen molar-refractivity contribution >= 4 is 5.91 Å². The molecule has 1 aliphatic heterocycles. The van der Waals surface area contributed by atoms with E-state index in [1.54, 1.807) is 14.1 Å². The van der Waals surface area contributed by atoms with E-state index in [4.69, 9.17) is 9.47 Å². The van der Waals surface area contributed by atoms with Crippen LogP contribution in [0.3, 0.4) is 0 Å². The normalized spacial score (nSPS) is 16.7. The summed E-state index contributed by atoms with van der Waals surface area (Å²) < 4.78 is 11.3. The number of benzene rings is 2. The molecule has 5 heteroatoms.